The Kier molecular flexibility index (Phi) is 6.99. The zero-order valence-electron chi connectivity index (χ0n) is 17.5. The SMILES string of the molecule is Cc1cc(C(C)C)sc1CC(C)c1ccc(CCC(C)c2sccc2C)s1. The second-order valence-corrected chi connectivity index (χ2v) is 11.5. The summed E-state index contributed by atoms with van der Waals surface area (Å²) in [5.41, 5.74) is 2.94. The quantitative estimate of drug-likeness (QED) is 0.344. The molecule has 0 fully saturated rings. The van der Waals surface area contributed by atoms with Gasteiger partial charge in [0, 0.05) is 24.4 Å². The van der Waals surface area contributed by atoms with Crippen molar-refractivity contribution in [1.29, 1.82) is 0 Å². The van der Waals surface area contributed by atoms with Gasteiger partial charge in [-0.15, -0.1) is 34.0 Å². The van der Waals surface area contributed by atoms with Gasteiger partial charge in [0.2, 0.25) is 0 Å². The summed E-state index contributed by atoms with van der Waals surface area (Å²) in [4.78, 5) is 7.75. The van der Waals surface area contributed by atoms with Crippen molar-refractivity contribution in [2.75, 3.05) is 0 Å². The summed E-state index contributed by atoms with van der Waals surface area (Å²) in [5.74, 6) is 1.91. The highest BCUT2D eigenvalue weighted by molar-refractivity contribution is 7.12. The van der Waals surface area contributed by atoms with Gasteiger partial charge in [-0.05, 0) is 91.6 Å². The Labute approximate surface area is 177 Å². The van der Waals surface area contributed by atoms with Crippen LogP contribution in [0.15, 0.2) is 29.6 Å². The standard InChI is InChI=1S/C24H32S3/c1-15(2)22-13-19(6)23(27-22)14-18(5)21-10-9-20(26-21)8-7-16(3)24-17(4)11-12-25-24/h9-13,15-16,18H,7-8,14H2,1-6H3. The van der Waals surface area contributed by atoms with Crippen LogP contribution in [0.25, 0.3) is 0 Å². The summed E-state index contributed by atoms with van der Waals surface area (Å²) >= 11 is 5.96. The molecule has 0 N–H and O–H groups in total. The van der Waals surface area contributed by atoms with Gasteiger partial charge < -0.3 is 0 Å². The Morgan fingerprint density at radius 2 is 1.63 bits per heavy atom. The Morgan fingerprint density at radius 1 is 0.852 bits per heavy atom. The molecule has 3 heterocycles. The Bertz CT molecular complexity index is 862. The zero-order chi connectivity index (χ0) is 19.6. The van der Waals surface area contributed by atoms with Crippen molar-refractivity contribution < 1.29 is 0 Å². The number of rotatable bonds is 8. The Morgan fingerprint density at radius 3 is 2.26 bits per heavy atom. The molecule has 0 aliphatic carbocycles. The number of hydrogen-bond acceptors (Lipinski definition) is 3. The van der Waals surface area contributed by atoms with Crippen LogP contribution in [0.2, 0.25) is 0 Å². The van der Waals surface area contributed by atoms with E-state index in [4.69, 9.17) is 0 Å². The molecule has 0 radical (unpaired) electrons. The largest absolute Gasteiger partial charge is 0.148 e. The number of aryl methyl sites for hydroxylation is 3. The van der Waals surface area contributed by atoms with E-state index in [1.165, 1.54) is 35.3 Å². The van der Waals surface area contributed by atoms with Gasteiger partial charge in [0.25, 0.3) is 0 Å². The van der Waals surface area contributed by atoms with Crippen molar-refractivity contribution in [2.24, 2.45) is 0 Å². The lowest BCUT2D eigenvalue weighted by atomic mass is 10.0. The van der Waals surface area contributed by atoms with Crippen LogP contribution in [0.5, 0.6) is 0 Å². The fourth-order valence-corrected chi connectivity index (χ4v) is 7.00. The van der Waals surface area contributed by atoms with Crippen LogP contribution in [0.1, 0.15) is 87.4 Å². The van der Waals surface area contributed by atoms with Gasteiger partial charge in [0.15, 0.2) is 0 Å². The fraction of sp³-hybridized carbons (Fsp3) is 0.500. The predicted molar refractivity (Wildman–Crippen MR) is 125 cm³/mol. The summed E-state index contributed by atoms with van der Waals surface area (Å²) in [6.45, 7) is 13.9. The summed E-state index contributed by atoms with van der Waals surface area (Å²) < 4.78 is 0. The minimum atomic E-state index is 0.609. The first kappa shape index (κ1) is 20.8. The molecule has 0 nitrogen and oxygen atoms in total. The van der Waals surface area contributed by atoms with E-state index >= 15 is 0 Å². The van der Waals surface area contributed by atoms with Crippen LogP contribution in [0.3, 0.4) is 0 Å². The van der Waals surface area contributed by atoms with Crippen molar-refractivity contribution in [3.8, 4) is 0 Å². The smallest absolute Gasteiger partial charge is 0.0103 e. The van der Waals surface area contributed by atoms with Gasteiger partial charge in [0.05, 0.1) is 0 Å². The van der Waals surface area contributed by atoms with E-state index in [1.54, 1.807) is 19.5 Å². The van der Waals surface area contributed by atoms with E-state index in [2.05, 4.69) is 71.2 Å². The maximum atomic E-state index is 2.39. The van der Waals surface area contributed by atoms with E-state index < -0.39 is 0 Å². The maximum Gasteiger partial charge on any atom is 0.0103 e. The molecule has 3 heteroatoms. The Hall–Kier alpha value is -0.900. The Balaban J connectivity index is 1.59. The normalized spacial score (nSPS) is 14.0. The molecular formula is C24H32S3. The fourth-order valence-electron chi connectivity index (χ4n) is 3.58. The van der Waals surface area contributed by atoms with Crippen LogP contribution < -0.4 is 0 Å². The lowest BCUT2D eigenvalue weighted by Crippen LogP contribution is -1.95. The molecule has 0 aliphatic rings. The molecule has 0 amide bonds. The summed E-state index contributed by atoms with van der Waals surface area (Å²) in [7, 11) is 0. The van der Waals surface area contributed by atoms with Crippen molar-refractivity contribution >= 4 is 34.0 Å². The molecule has 0 bridgehead atoms. The molecule has 0 aromatic carbocycles. The molecule has 2 atom stereocenters. The molecule has 27 heavy (non-hydrogen) atoms. The minimum absolute atomic E-state index is 0.609. The highest BCUT2D eigenvalue weighted by Gasteiger charge is 2.16. The minimum Gasteiger partial charge on any atom is -0.148 e. The van der Waals surface area contributed by atoms with Gasteiger partial charge in [0.1, 0.15) is 0 Å². The molecule has 0 saturated carbocycles. The maximum absolute atomic E-state index is 2.39. The van der Waals surface area contributed by atoms with Crippen LogP contribution in [0.4, 0.5) is 0 Å². The van der Waals surface area contributed by atoms with Crippen molar-refractivity contribution in [2.45, 2.75) is 78.6 Å². The molecule has 0 spiro atoms. The van der Waals surface area contributed by atoms with E-state index in [0.717, 1.165) is 0 Å². The monoisotopic (exact) mass is 416 g/mol. The highest BCUT2D eigenvalue weighted by atomic mass is 32.1. The van der Waals surface area contributed by atoms with Gasteiger partial charge in [-0.1, -0.05) is 27.7 Å². The second-order valence-electron chi connectivity index (χ2n) is 8.23. The third-order valence-corrected chi connectivity index (χ3v) is 9.63. The van der Waals surface area contributed by atoms with Crippen molar-refractivity contribution in [3.63, 3.8) is 0 Å². The average Bonchev–Trinajstić information content (AvgIpc) is 3.33. The van der Waals surface area contributed by atoms with E-state index in [0.29, 0.717) is 17.8 Å². The van der Waals surface area contributed by atoms with E-state index in [9.17, 15) is 0 Å². The zero-order valence-corrected chi connectivity index (χ0v) is 19.9. The first-order valence-electron chi connectivity index (χ1n) is 10.1. The molecule has 3 aromatic heterocycles. The number of hydrogen-bond donors (Lipinski definition) is 0. The van der Waals surface area contributed by atoms with Gasteiger partial charge >= 0.3 is 0 Å². The van der Waals surface area contributed by atoms with Crippen molar-refractivity contribution in [1.82, 2.24) is 0 Å². The van der Waals surface area contributed by atoms with Crippen LogP contribution in [-0.2, 0) is 12.8 Å². The lowest BCUT2D eigenvalue weighted by Gasteiger charge is -2.10. The molecule has 2 unspecified atom stereocenters. The molecule has 146 valence electrons. The second kappa shape index (κ2) is 9.07. The van der Waals surface area contributed by atoms with E-state index in [-0.39, 0.29) is 0 Å². The van der Waals surface area contributed by atoms with Crippen LogP contribution in [-0.4, -0.2) is 0 Å². The molecule has 0 saturated heterocycles. The third kappa shape index (κ3) is 5.13. The summed E-state index contributed by atoms with van der Waals surface area (Å²) in [5, 5.41) is 2.23. The first-order chi connectivity index (χ1) is 12.8. The topological polar surface area (TPSA) is 0 Å². The molecule has 0 aliphatic heterocycles. The predicted octanol–water partition coefficient (Wildman–Crippen LogP) is 8.69. The van der Waals surface area contributed by atoms with E-state index in [1.807, 2.05) is 34.0 Å². The molecule has 3 aromatic rings. The highest BCUT2D eigenvalue weighted by Crippen LogP contribution is 2.35. The van der Waals surface area contributed by atoms with Crippen LogP contribution >= 0.6 is 34.0 Å². The van der Waals surface area contributed by atoms with Gasteiger partial charge in [-0.25, -0.2) is 0 Å². The van der Waals surface area contributed by atoms with Gasteiger partial charge in [-0.3, -0.25) is 0 Å². The summed E-state index contributed by atoms with van der Waals surface area (Å²) in [6, 6.07) is 9.38. The lowest BCUT2D eigenvalue weighted by molar-refractivity contribution is 0.692. The van der Waals surface area contributed by atoms with Crippen LogP contribution in [0, 0.1) is 13.8 Å². The average molecular weight is 417 g/mol. The third-order valence-electron chi connectivity index (χ3n) is 5.44. The van der Waals surface area contributed by atoms with Gasteiger partial charge in [-0.2, -0.15) is 0 Å². The summed E-state index contributed by atoms with van der Waals surface area (Å²) in [6.07, 6.45) is 3.62. The van der Waals surface area contributed by atoms with Crippen molar-refractivity contribution in [3.05, 3.63) is 65.2 Å². The first-order valence-corrected chi connectivity index (χ1v) is 12.6. The molecule has 3 rings (SSSR count). The number of thiophene rings is 3. The molecular weight excluding hydrogens is 384 g/mol.